The first-order valence-electron chi connectivity index (χ1n) is 8.13. The number of aryl methyl sites for hydroxylation is 1. The number of aliphatic hydroxyl groups excluding tert-OH is 1. The van der Waals surface area contributed by atoms with E-state index in [1.165, 1.54) is 11.3 Å². The second-order valence-corrected chi connectivity index (χ2v) is 7.15. The molecule has 0 bridgehead atoms. The summed E-state index contributed by atoms with van der Waals surface area (Å²) >= 11 is 1.44. The molecule has 1 fully saturated rings. The van der Waals surface area contributed by atoms with Crippen LogP contribution in [0.15, 0.2) is 36.0 Å². The van der Waals surface area contributed by atoms with Crippen LogP contribution in [0, 0.1) is 6.92 Å². The molecule has 1 aliphatic rings. The van der Waals surface area contributed by atoms with Crippen LogP contribution in [0.5, 0.6) is 5.75 Å². The number of thiophene rings is 1. The third-order valence-electron chi connectivity index (χ3n) is 4.44. The van der Waals surface area contributed by atoms with E-state index >= 15 is 0 Å². The van der Waals surface area contributed by atoms with Crippen molar-refractivity contribution in [1.82, 2.24) is 9.88 Å². The summed E-state index contributed by atoms with van der Waals surface area (Å²) < 4.78 is 5.89. The zero-order valence-electron chi connectivity index (χ0n) is 13.9. The standard InChI is InChI=1S/C18H22N2O3S/c1-12-9-16(24-11-12)18(22)20(2)14-6-3-7-15(17(14)21)23-13-5-4-8-19-10-13/h4-5,8-11,14-15,17,21H,3,6-7H2,1-2H3/t14-,15-,17-/m1/s1. The van der Waals surface area contributed by atoms with Gasteiger partial charge < -0.3 is 14.7 Å². The highest BCUT2D eigenvalue weighted by Crippen LogP contribution is 2.28. The molecule has 3 atom stereocenters. The number of hydrogen-bond donors (Lipinski definition) is 1. The van der Waals surface area contributed by atoms with E-state index in [1.54, 1.807) is 30.4 Å². The van der Waals surface area contributed by atoms with Gasteiger partial charge in [0.1, 0.15) is 18.0 Å². The minimum atomic E-state index is -0.714. The largest absolute Gasteiger partial charge is 0.486 e. The summed E-state index contributed by atoms with van der Waals surface area (Å²) in [5, 5.41) is 12.7. The molecule has 2 aromatic heterocycles. The molecule has 2 heterocycles. The van der Waals surface area contributed by atoms with Gasteiger partial charge in [-0.05, 0) is 55.3 Å². The van der Waals surface area contributed by atoms with Crippen molar-refractivity contribution in [3.05, 3.63) is 46.4 Å². The first kappa shape index (κ1) is 16.9. The Morgan fingerprint density at radius 2 is 2.29 bits per heavy atom. The van der Waals surface area contributed by atoms with Gasteiger partial charge in [-0.3, -0.25) is 9.78 Å². The lowest BCUT2D eigenvalue weighted by Gasteiger charge is -2.39. The van der Waals surface area contributed by atoms with Crippen molar-refractivity contribution in [3.63, 3.8) is 0 Å². The molecule has 1 aliphatic carbocycles. The number of likely N-dealkylation sites (N-methyl/N-ethyl adjacent to an activating group) is 1. The molecule has 0 saturated heterocycles. The minimum Gasteiger partial charge on any atom is -0.486 e. The van der Waals surface area contributed by atoms with Crippen LogP contribution in [0.4, 0.5) is 0 Å². The van der Waals surface area contributed by atoms with Crippen molar-refractivity contribution in [1.29, 1.82) is 0 Å². The van der Waals surface area contributed by atoms with E-state index < -0.39 is 6.10 Å². The third-order valence-corrected chi connectivity index (χ3v) is 5.48. The molecule has 0 radical (unpaired) electrons. The average molecular weight is 346 g/mol. The van der Waals surface area contributed by atoms with Gasteiger partial charge in [-0.1, -0.05) is 0 Å². The number of carbonyl (C=O) groups is 1. The molecule has 1 amide bonds. The lowest BCUT2D eigenvalue weighted by molar-refractivity contribution is -0.0413. The van der Waals surface area contributed by atoms with Gasteiger partial charge in [0.05, 0.1) is 17.1 Å². The van der Waals surface area contributed by atoms with Crippen molar-refractivity contribution in [2.24, 2.45) is 0 Å². The Hall–Kier alpha value is -1.92. The van der Waals surface area contributed by atoms with Gasteiger partial charge in [0.2, 0.25) is 0 Å². The molecule has 3 rings (SSSR count). The van der Waals surface area contributed by atoms with E-state index in [4.69, 9.17) is 4.74 Å². The number of aromatic nitrogens is 1. The zero-order valence-corrected chi connectivity index (χ0v) is 14.7. The molecule has 1 saturated carbocycles. The van der Waals surface area contributed by atoms with E-state index in [2.05, 4.69) is 4.98 Å². The summed E-state index contributed by atoms with van der Waals surface area (Å²) in [4.78, 5) is 19.0. The fourth-order valence-corrected chi connectivity index (χ4v) is 4.01. The Kier molecular flexibility index (Phi) is 5.16. The number of rotatable bonds is 4. The topological polar surface area (TPSA) is 62.7 Å². The van der Waals surface area contributed by atoms with Crippen molar-refractivity contribution >= 4 is 17.2 Å². The van der Waals surface area contributed by atoms with E-state index in [1.807, 2.05) is 24.4 Å². The first-order valence-corrected chi connectivity index (χ1v) is 9.01. The maximum absolute atomic E-state index is 12.6. The van der Waals surface area contributed by atoms with Crippen LogP contribution in [-0.2, 0) is 0 Å². The Labute approximate surface area is 145 Å². The van der Waals surface area contributed by atoms with Gasteiger partial charge in [0.15, 0.2) is 0 Å². The van der Waals surface area contributed by atoms with Crippen LogP contribution in [-0.4, -0.2) is 46.2 Å². The maximum atomic E-state index is 12.6. The van der Waals surface area contributed by atoms with Gasteiger partial charge in [-0.25, -0.2) is 0 Å². The lowest BCUT2D eigenvalue weighted by Crippen LogP contribution is -2.53. The summed E-state index contributed by atoms with van der Waals surface area (Å²) in [6, 6.07) is 5.28. The van der Waals surface area contributed by atoms with Crippen LogP contribution in [0.2, 0.25) is 0 Å². The van der Waals surface area contributed by atoms with Crippen LogP contribution < -0.4 is 4.74 Å². The molecule has 24 heavy (non-hydrogen) atoms. The number of hydrogen-bond acceptors (Lipinski definition) is 5. The molecule has 2 aromatic rings. The maximum Gasteiger partial charge on any atom is 0.264 e. The Morgan fingerprint density at radius 1 is 1.46 bits per heavy atom. The molecule has 0 aliphatic heterocycles. The van der Waals surface area contributed by atoms with Gasteiger partial charge in [-0.2, -0.15) is 0 Å². The van der Waals surface area contributed by atoms with Crippen LogP contribution in [0.1, 0.15) is 34.5 Å². The van der Waals surface area contributed by atoms with Crippen LogP contribution >= 0.6 is 11.3 Å². The fourth-order valence-electron chi connectivity index (χ4n) is 3.13. The molecular formula is C18H22N2O3S. The predicted molar refractivity (Wildman–Crippen MR) is 93.4 cm³/mol. The van der Waals surface area contributed by atoms with Crippen molar-refractivity contribution in [2.75, 3.05) is 7.05 Å². The van der Waals surface area contributed by atoms with E-state index in [0.717, 1.165) is 24.8 Å². The molecule has 128 valence electrons. The summed E-state index contributed by atoms with van der Waals surface area (Å²) in [5.74, 6) is 0.601. The van der Waals surface area contributed by atoms with Gasteiger partial charge in [0.25, 0.3) is 5.91 Å². The Balaban J connectivity index is 1.70. The van der Waals surface area contributed by atoms with Crippen LogP contribution in [0.25, 0.3) is 0 Å². The van der Waals surface area contributed by atoms with E-state index in [0.29, 0.717) is 10.6 Å². The lowest BCUT2D eigenvalue weighted by atomic mass is 9.89. The predicted octanol–water partition coefficient (Wildman–Crippen LogP) is 2.88. The van der Waals surface area contributed by atoms with Crippen molar-refractivity contribution in [2.45, 2.75) is 44.4 Å². The van der Waals surface area contributed by atoms with Crippen LogP contribution in [0.3, 0.4) is 0 Å². The SMILES string of the molecule is Cc1csc(C(=O)N(C)[C@@H]2CCC[C@@H](Oc3cccnc3)[C@@H]2O)c1. The quantitative estimate of drug-likeness (QED) is 0.925. The molecule has 0 aromatic carbocycles. The highest BCUT2D eigenvalue weighted by molar-refractivity contribution is 7.12. The fraction of sp³-hybridized carbons (Fsp3) is 0.444. The molecule has 0 spiro atoms. The monoisotopic (exact) mass is 346 g/mol. The first-order chi connectivity index (χ1) is 11.6. The van der Waals surface area contributed by atoms with Gasteiger partial charge in [0, 0.05) is 13.2 Å². The zero-order chi connectivity index (χ0) is 17.1. The summed E-state index contributed by atoms with van der Waals surface area (Å²) in [6.07, 6.45) is 4.74. The molecular weight excluding hydrogens is 324 g/mol. The van der Waals surface area contributed by atoms with E-state index in [-0.39, 0.29) is 18.1 Å². The third kappa shape index (κ3) is 3.60. The molecule has 0 unspecified atom stereocenters. The van der Waals surface area contributed by atoms with Gasteiger partial charge >= 0.3 is 0 Å². The van der Waals surface area contributed by atoms with Crippen molar-refractivity contribution in [3.8, 4) is 5.75 Å². The Bertz CT molecular complexity index is 689. The normalized spacial score (nSPS) is 23.7. The number of ether oxygens (including phenoxy) is 1. The molecule has 5 nitrogen and oxygen atoms in total. The number of nitrogens with zero attached hydrogens (tertiary/aromatic N) is 2. The Morgan fingerprint density at radius 3 is 2.96 bits per heavy atom. The second kappa shape index (κ2) is 7.32. The summed E-state index contributed by atoms with van der Waals surface area (Å²) in [6.45, 7) is 1.97. The number of amides is 1. The van der Waals surface area contributed by atoms with E-state index in [9.17, 15) is 9.90 Å². The molecule has 1 N–H and O–H groups in total. The number of aliphatic hydroxyl groups is 1. The number of carbonyl (C=O) groups excluding carboxylic acids is 1. The van der Waals surface area contributed by atoms with Crippen molar-refractivity contribution < 1.29 is 14.6 Å². The summed E-state index contributed by atoms with van der Waals surface area (Å²) in [5.41, 5.74) is 1.08. The summed E-state index contributed by atoms with van der Waals surface area (Å²) in [7, 11) is 1.76. The average Bonchev–Trinajstić information content (AvgIpc) is 3.03. The van der Waals surface area contributed by atoms with Gasteiger partial charge in [-0.15, -0.1) is 11.3 Å². The highest BCUT2D eigenvalue weighted by Gasteiger charge is 2.37. The minimum absolute atomic E-state index is 0.0424. The smallest absolute Gasteiger partial charge is 0.264 e. The number of pyridine rings is 1. The molecule has 6 heteroatoms. The second-order valence-electron chi connectivity index (χ2n) is 6.24. The highest BCUT2D eigenvalue weighted by atomic mass is 32.1.